The van der Waals surface area contributed by atoms with E-state index in [1.165, 1.54) is 53.3 Å². The monoisotopic (exact) mass is 624 g/mol. The van der Waals surface area contributed by atoms with Crippen molar-refractivity contribution in [3.05, 3.63) is 133 Å². The van der Waals surface area contributed by atoms with Crippen LogP contribution in [0.4, 0.5) is 5.69 Å². The average molecular weight is 625 g/mol. The third-order valence-corrected chi connectivity index (χ3v) is 10.8. The van der Waals surface area contributed by atoms with Gasteiger partial charge in [0.05, 0.1) is 16.7 Å². The van der Waals surface area contributed by atoms with Gasteiger partial charge in [0.25, 0.3) is 0 Å². The number of benzene rings is 5. The first-order valence-electron chi connectivity index (χ1n) is 17.5. The normalized spacial score (nSPS) is 20.8. The summed E-state index contributed by atoms with van der Waals surface area (Å²) in [6.45, 7) is 4.85. The molecule has 2 aromatic heterocycles. The van der Waals surface area contributed by atoms with Crippen molar-refractivity contribution >= 4 is 27.5 Å². The van der Waals surface area contributed by atoms with Crippen LogP contribution in [0.15, 0.2) is 133 Å². The Labute approximate surface area is 282 Å². The van der Waals surface area contributed by atoms with E-state index in [0.717, 1.165) is 51.3 Å². The number of nitrogens with zero attached hydrogens (tertiary/aromatic N) is 4. The molecule has 236 valence electrons. The van der Waals surface area contributed by atoms with Crippen molar-refractivity contribution in [1.29, 1.82) is 0 Å². The van der Waals surface area contributed by atoms with Gasteiger partial charge in [-0.3, -0.25) is 4.57 Å². The van der Waals surface area contributed by atoms with Gasteiger partial charge in [0.15, 0.2) is 5.82 Å². The largest absolute Gasteiger partial charge is 0.366 e. The number of anilines is 1. The number of hydrogen-bond acceptors (Lipinski definition) is 3. The molecule has 7 aromatic rings. The van der Waals surface area contributed by atoms with Gasteiger partial charge in [-0.15, -0.1) is 0 Å². The van der Waals surface area contributed by atoms with Crippen LogP contribution in [-0.2, 0) is 0 Å². The minimum atomic E-state index is 0.561. The molecular formula is C44H40N4. The summed E-state index contributed by atoms with van der Waals surface area (Å²) in [6.07, 6.45) is 5.30. The molecule has 4 nitrogen and oxygen atoms in total. The quantitative estimate of drug-likeness (QED) is 0.191. The Bertz CT molecular complexity index is 2190. The van der Waals surface area contributed by atoms with Crippen LogP contribution in [-0.4, -0.2) is 26.6 Å². The van der Waals surface area contributed by atoms with E-state index in [4.69, 9.17) is 9.97 Å². The second kappa shape index (κ2) is 11.8. The van der Waals surface area contributed by atoms with Crippen LogP contribution in [0.3, 0.4) is 0 Å². The van der Waals surface area contributed by atoms with E-state index in [1.54, 1.807) is 0 Å². The lowest BCUT2D eigenvalue weighted by Gasteiger charge is -2.50. The van der Waals surface area contributed by atoms with Crippen LogP contribution in [0.25, 0.3) is 61.4 Å². The van der Waals surface area contributed by atoms with Gasteiger partial charge in [0.1, 0.15) is 5.82 Å². The lowest BCUT2D eigenvalue weighted by molar-refractivity contribution is 0.179. The van der Waals surface area contributed by atoms with E-state index < -0.39 is 0 Å². The lowest BCUT2D eigenvalue weighted by atomic mass is 9.72. The molecule has 3 heterocycles. The summed E-state index contributed by atoms with van der Waals surface area (Å²) in [4.78, 5) is 13.3. The Morgan fingerprint density at radius 1 is 0.542 bits per heavy atom. The fourth-order valence-corrected chi connectivity index (χ4v) is 8.81. The van der Waals surface area contributed by atoms with Crippen molar-refractivity contribution < 1.29 is 0 Å². The zero-order valence-corrected chi connectivity index (χ0v) is 27.6. The molecule has 1 saturated heterocycles. The standard InChI is InChI=1S/C44H40N4/c1-29-23-31-25-30(2)47(37(24-29)26-31)36-21-19-33(20-22-36)44-45-40(35-14-10-13-34(27-35)32-11-4-3-5-12-32)28-43(46-44)48-41-17-8-6-15-38(41)39-16-7-9-18-42(39)48/h3-22,27-31,37H,23-26H2,1-2H3. The fourth-order valence-electron chi connectivity index (χ4n) is 8.81. The topological polar surface area (TPSA) is 34.0 Å². The summed E-state index contributed by atoms with van der Waals surface area (Å²) in [6, 6.07) is 48.9. The first kappa shape index (κ1) is 29.0. The highest BCUT2D eigenvalue weighted by Crippen LogP contribution is 2.43. The Hall–Kier alpha value is -5.22. The molecule has 4 unspecified atom stereocenters. The Balaban J connectivity index is 1.18. The van der Waals surface area contributed by atoms with Crippen molar-refractivity contribution in [2.45, 2.75) is 51.6 Å². The Morgan fingerprint density at radius 2 is 1.21 bits per heavy atom. The number of piperidine rings is 1. The molecule has 0 radical (unpaired) electrons. The molecule has 2 bridgehead atoms. The summed E-state index contributed by atoms with van der Waals surface area (Å²) in [7, 11) is 0. The summed E-state index contributed by atoms with van der Waals surface area (Å²) < 4.78 is 2.30. The van der Waals surface area contributed by atoms with E-state index in [2.05, 4.69) is 157 Å². The molecule has 5 aromatic carbocycles. The number of hydrogen-bond donors (Lipinski definition) is 0. The van der Waals surface area contributed by atoms with Gasteiger partial charge in [-0.05, 0) is 98.0 Å². The first-order valence-corrected chi connectivity index (χ1v) is 17.5. The molecule has 48 heavy (non-hydrogen) atoms. The van der Waals surface area contributed by atoms with Crippen molar-refractivity contribution in [3.8, 4) is 39.6 Å². The number of rotatable bonds is 5. The van der Waals surface area contributed by atoms with Crippen molar-refractivity contribution in [3.63, 3.8) is 0 Å². The third-order valence-electron chi connectivity index (χ3n) is 10.8. The number of fused-ring (bicyclic) bond motifs is 5. The van der Waals surface area contributed by atoms with Crippen LogP contribution in [0.5, 0.6) is 0 Å². The predicted molar refractivity (Wildman–Crippen MR) is 200 cm³/mol. The molecule has 1 saturated carbocycles. The van der Waals surface area contributed by atoms with Gasteiger partial charge in [0.2, 0.25) is 0 Å². The van der Waals surface area contributed by atoms with E-state index >= 15 is 0 Å². The second-order valence-electron chi connectivity index (χ2n) is 14.1. The van der Waals surface area contributed by atoms with Gasteiger partial charge < -0.3 is 4.90 Å². The van der Waals surface area contributed by atoms with E-state index in [1.807, 2.05) is 0 Å². The summed E-state index contributed by atoms with van der Waals surface area (Å²) in [5.41, 5.74) is 8.97. The number of aromatic nitrogens is 3. The molecule has 1 aliphatic carbocycles. The summed E-state index contributed by atoms with van der Waals surface area (Å²) >= 11 is 0. The van der Waals surface area contributed by atoms with Crippen molar-refractivity contribution in [1.82, 2.24) is 14.5 Å². The van der Waals surface area contributed by atoms with Crippen LogP contribution < -0.4 is 4.90 Å². The zero-order valence-electron chi connectivity index (χ0n) is 27.6. The second-order valence-corrected chi connectivity index (χ2v) is 14.1. The molecule has 0 amide bonds. The van der Waals surface area contributed by atoms with Crippen LogP contribution in [0.2, 0.25) is 0 Å². The molecule has 1 aliphatic heterocycles. The molecule has 4 heteroatoms. The maximum Gasteiger partial charge on any atom is 0.162 e. The van der Waals surface area contributed by atoms with E-state index in [0.29, 0.717) is 12.1 Å². The molecule has 2 fully saturated rings. The molecule has 2 aliphatic rings. The third kappa shape index (κ3) is 5.07. The van der Waals surface area contributed by atoms with Crippen LogP contribution >= 0.6 is 0 Å². The van der Waals surface area contributed by atoms with Gasteiger partial charge in [-0.1, -0.05) is 91.9 Å². The minimum absolute atomic E-state index is 0.561. The van der Waals surface area contributed by atoms with Gasteiger partial charge >= 0.3 is 0 Å². The minimum Gasteiger partial charge on any atom is -0.366 e. The SMILES string of the molecule is CC1CC2CC(C)N(c3ccc(-c4nc(-c5cccc(-c6ccccc6)c5)cc(-n5c6ccccc6c6ccccc65)n4)cc3)C(C1)C2. The molecule has 9 rings (SSSR count). The molecule has 0 spiro atoms. The van der Waals surface area contributed by atoms with Crippen molar-refractivity contribution in [2.24, 2.45) is 11.8 Å². The Kier molecular flexibility index (Phi) is 7.11. The highest BCUT2D eigenvalue weighted by atomic mass is 15.2. The fraction of sp³-hybridized carbons (Fsp3) is 0.227. The molecule has 4 atom stereocenters. The van der Waals surface area contributed by atoms with Crippen LogP contribution in [0.1, 0.15) is 39.5 Å². The molecular weight excluding hydrogens is 585 g/mol. The smallest absolute Gasteiger partial charge is 0.162 e. The summed E-state index contributed by atoms with van der Waals surface area (Å²) in [5, 5.41) is 2.44. The summed E-state index contributed by atoms with van der Waals surface area (Å²) in [5.74, 6) is 3.28. The average Bonchev–Trinajstić information content (AvgIpc) is 3.46. The maximum atomic E-state index is 5.31. The van der Waals surface area contributed by atoms with Gasteiger partial charge in [0, 0.05) is 45.7 Å². The lowest BCUT2D eigenvalue weighted by Crippen LogP contribution is -2.51. The first-order chi connectivity index (χ1) is 23.6. The van der Waals surface area contributed by atoms with Gasteiger partial charge in [-0.2, -0.15) is 0 Å². The van der Waals surface area contributed by atoms with E-state index in [-0.39, 0.29) is 0 Å². The highest BCUT2D eigenvalue weighted by molar-refractivity contribution is 6.09. The van der Waals surface area contributed by atoms with Gasteiger partial charge in [-0.25, -0.2) is 9.97 Å². The van der Waals surface area contributed by atoms with E-state index in [9.17, 15) is 0 Å². The predicted octanol–water partition coefficient (Wildman–Crippen LogP) is 11.0. The van der Waals surface area contributed by atoms with Crippen molar-refractivity contribution in [2.75, 3.05) is 4.90 Å². The highest BCUT2D eigenvalue weighted by Gasteiger charge is 2.38. The Morgan fingerprint density at radius 3 is 1.96 bits per heavy atom. The van der Waals surface area contributed by atoms with Crippen LogP contribution in [0, 0.1) is 11.8 Å². The zero-order chi connectivity index (χ0) is 32.2. The molecule has 0 N–H and O–H groups in total. The number of para-hydroxylation sites is 2. The maximum absolute atomic E-state index is 5.31.